The van der Waals surface area contributed by atoms with Gasteiger partial charge in [0, 0.05) is 6.54 Å². The van der Waals surface area contributed by atoms with Gasteiger partial charge in [0.05, 0.1) is 10.5 Å². The standard InChI is InChI=1S/C11H14N2O6S/c1-6-2-3-7(11(16)17)4-9(6)20(18,19)13-5-8(14)10(12)15/h2-4,8,13-14H,5H2,1H3,(H2,12,15)(H,16,17). The molecule has 5 N–H and O–H groups in total. The molecule has 8 nitrogen and oxygen atoms in total. The van der Waals surface area contributed by atoms with Gasteiger partial charge in [0.1, 0.15) is 6.10 Å². The van der Waals surface area contributed by atoms with Crippen molar-refractivity contribution in [2.45, 2.75) is 17.9 Å². The Kier molecular flexibility index (Phi) is 4.82. The number of nitrogens with two attached hydrogens (primary N) is 1. The summed E-state index contributed by atoms with van der Waals surface area (Å²) in [4.78, 5) is 21.2. The molecule has 0 saturated heterocycles. The second-order valence-corrected chi connectivity index (χ2v) is 5.79. The van der Waals surface area contributed by atoms with Crippen LogP contribution in [0.25, 0.3) is 0 Å². The first kappa shape index (κ1) is 16.1. The highest BCUT2D eigenvalue weighted by Gasteiger charge is 2.21. The van der Waals surface area contributed by atoms with Crippen LogP contribution in [0.1, 0.15) is 15.9 Å². The zero-order valence-corrected chi connectivity index (χ0v) is 11.3. The topological polar surface area (TPSA) is 147 Å². The molecule has 0 aliphatic heterocycles. The van der Waals surface area contributed by atoms with Crippen molar-refractivity contribution in [3.8, 4) is 0 Å². The number of carbonyl (C=O) groups is 2. The van der Waals surface area contributed by atoms with Crippen molar-refractivity contribution < 1.29 is 28.2 Å². The maximum Gasteiger partial charge on any atom is 0.335 e. The van der Waals surface area contributed by atoms with Gasteiger partial charge in [-0.3, -0.25) is 4.79 Å². The van der Waals surface area contributed by atoms with E-state index in [4.69, 9.17) is 15.9 Å². The third-order valence-corrected chi connectivity index (χ3v) is 4.09. The van der Waals surface area contributed by atoms with Crippen LogP contribution in [0.5, 0.6) is 0 Å². The predicted octanol–water partition coefficient (Wildman–Crippen LogP) is -1.18. The SMILES string of the molecule is Cc1ccc(C(=O)O)cc1S(=O)(=O)NCC(O)C(N)=O. The molecule has 0 aliphatic rings. The predicted molar refractivity (Wildman–Crippen MR) is 68.5 cm³/mol. The van der Waals surface area contributed by atoms with Gasteiger partial charge >= 0.3 is 5.97 Å². The molecule has 1 aromatic rings. The second kappa shape index (κ2) is 5.99. The van der Waals surface area contributed by atoms with Crippen LogP contribution in [-0.2, 0) is 14.8 Å². The Morgan fingerprint density at radius 3 is 2.50 bits per heavy atom. The number of carboxylic acid groups (broad SMARTS) is 1. The van der Waals surface area contributed by atoms with Crippen LogP contribution >= 0.6 is 0 Å². The van der Waals surface area contributed by atoms with Gasteiger partial charge in [-0.05, 0) is 24.6 Å². The summed E-state index contributed by atoms with van der Waals surface area (Å²) in [7, 11) is -4.06. The van der Waals surface area contributed by atoms with E-state index >= 15 is 0 Å². The Morgan fingerprint density at radius 2 is 2.00 bits per heavy atom. The molecule has 1 unspecified atom stereocenters. The van der Waals surface area contributed by atoms with Gasteiger partial charge < -0.3 is 15.9 Å². The largest absolute Gasteiger partial charge is 0.478 e. The van der Waals surface area contributed by atoms with Crippen molar-refractivity contribution in [2.75, 3.05) is 6.54 Å². The number of rotatable bonds is 6. The van der Waals surface area contributed by atoms with E-state index in [9.17, 15) is 18.0 Å². The number of aliphatic hydroxyl groups is 1. The summed E-state index contributed by atoms with van der Waals surface area (Å²) in [6.45, 7) is 0.902. The zero-order valence-electron chi connectivity index (χ0n) is 10.5. The Hall–Kier alpha value is -1.97. The average Bonchev–Trinajstić information content (AvgIpc) is 2.35. The summed E-state index contributed by atoms with van der Waals surface area (Å²) in [5.74, 6) is -2.33. The first-order valence-electron chi connectivity index (χ1n) is 5.46. The van der Waals surface area contributed by atoms with Gasteiger partial charge in [0.15, 0.2) is 0 Å². The minimum absolute atomic E-state index is 0.188. The van der Waals surface area contributed by atoms with Gasteiger partial charge in [0.25, 0.3) is 0 Å². The molecule has 1 rings (SSSR count). The maximum absolute atomic E-state index is 12.0. The summed E-state index contributed by atoms with van der Waals surface area (Å²) >= 11 is 0. The number of carboxylic acids is 1. The fourth-order valence-electron chi connectivity index (χ4n) is 1.39. The highest BCUT2D eigenvalue weighted by molar-refractivity contribution is 7.89. The molecule has 0 saturated carbocycles. The van der Waals surface area contributed by atoms with Crippen LogP contribution in [0.2, 0.25) is 0 Å². The first-order chi connectivity index (χ1) is 9.15. The van der Waals surface area contributed by atoms with Gasteiger partial charge in [-0.15, -0.1) is 0 Å². The van der Waals surface area contributed by atoms with E-state index in [0.717, 1.165) is 6.07 Å². The summed E-state index contributed by atoms with van der Waals surface area (Å²) in [5, 5.41) is 18.0. The van der Waals surface area contributed by atoms with E-state index in [1.165, 1.54) is 19.1 Å². The molecular weight excluding hydrogens is 288 g/mol. The first-order valence-corrected chi connectivity index (χ1v) is 6.94. The molecule has 9 heteroatoms. The normalized spacial score (nSPS) is 12.9. The smallest absolute Gasteiger partial charge is 0.335 e. The van der Waals surface area contributed by atoms with E-state index in [1.54, 1.807) is 0 Å². The number of nitrogens with one attached hydrogen (secondary N) is 1. The number of aryl methyl sites for hydroxylation is 1. The number of aromatic carboxylic acids is 1. The lowest BCUT2D eigenvalue weighted by Gasteiger charge is -2.11. The average molecular weight is 302 g/mol. The lowest BCUT2D eigenvalue weighted by Crippen LogP contribution is -2.40. The molecule has 110 valence electrons. The van der Waals surface area contributed by atoms with Crippen molar-refractivity contribution in [1.82, 2.24) is 4.72 Å². The second-order valence-electron chi connectivity index (χ2n) is 4.06. The summed E-state index contributed by atoms with van der Waals surface area (Å²) in [6.07, 6.45) is -1.66. The Morgan fingerprint density at radius 1 is 1.40 bits per heavy atom. The van der Waals surface area contributed by atoms with Crippen LogP contribution in [0.3, 0.4) is 0 Å². The van der Waals surface area contributed by atoms with Gasteiger partial charge in [0.2, 0.25) is 15.9 Å². The van der Waals surface area contributed by atoms with E-state index < -0.39 is 34.5 Å². The summed E-state index contributed by atoms with van der Waals surface area (Å²) in [5.41, 5.74) is 4.94. The molecule has 0 fully saturated rings. The minimum Gasteiger partial charge on any atom is -0.478 e. The third kappa shape index (κ3) is 3.76. The zero-order chi connectivity index (χ0) is 15.5. The number of hydrogen-bond acceptors (Lipinski definition) is 5. The minimum atomic E-state index is -4.06. The van der Waals surface area contributed by atoms with E-state index in [2.05, 4.69) is 0 Å². The van der Waals surface area contributed by atoms with Crippen LogP contribution < -0.4 is 10.5 Å². The van der Waals surface area contributed by atoms with Crippen molar-refractivity contribution in [3.05, 3.63) is 29.3 Å². The van der Waals surface area contributed by atoms with Crippen LogP contribution in [-0.4, -0.2) is 43.2 Å². The molecule has 1 atom stereocenters. The Bertz CT molecular complexity index is 640. The fourth-order valence-corrected chi connectivity index (χ4v) is 2.70. The molecule has 1 amide bonds. The lowest BCUT2D eigenvalue weighted by molar-refractivity contribution is -0.125. The number of sulfonamides is 1. The monoisotopic (exact) mass is 302 g/mol. The maximum atomic E-state index is 12.0. The molecule has 0 aliphatic carbocycles. The van der Waals surface area contributed by atoms with Crippen molar-refractivity contribution >= 4 is 21.9 Å². The van der Waals surface area contributed by atoms with Gasteiger partial charge in [-0.25, -0.2) is 17.9 Å². The number of benzene rings is 1. The number of aliphatic hydroxyl groups excluding tert-OH is 1. The molecule has 1 aromatic carbocycles. The van der Waals surface area contributed by atoms with Crippen LogP contribution in [0.4, 0.5) is 0 Å². The van der Waals surface area contributed by atoms with Crippen LogP contribution in [0, 0.1) is 6.92 Å². The fraction of sp³-hybridized carbons (Fsp3) is 0.273. The number of hydrogen-bond donors (Lipinski definition) is 4. The van der Waals surface area contributed by atoms with E-state index in [-0.39, 0.29) is 10.5 Å². The molecule has 0 aromatic heterocycles. The number of carbonyl (C=O) groups excluding carboxylic acids is 1. The van der Waals surface area contributed by atoms with Crippen molar-refractivity contribution in [2.24, 2.45) is 5.73 Å². The lowest BCUT2D eigenvalue weighted by atomic mass is 10.1. The van der Waals surface area contributed by atoms with Crippen molar-refractivity contribution in [1.29, 1.82) is 0 Å². The van der Waals surface area contributed by atoms with Gasteiger partial charge in [-0.1, -0.05) is 6.07 Å². The van der Waals surface area contributed by atoms with E-state index in [0.29, 0.717) is 5.56 Å². The van der Waals surface area contributed by atoms with E-state index in [1.807, 2.05) is 4.72 Å². The third-order valence-electron chi connectivity index (χ3n) is 2.52. The van der Waals surface area contributed by atoms with Crippen LogP contribution in [0.15, 0.2) is 23.1 Å². The number of primary amides is 1. The Labute approximate surface area is 115 Å². The quantitative estimate of drug-likeness (QED) is 0.520. The highest BCUT2D eigenvalue weighted by Crippen LogP contribution is 2.17. The summed E-state index contributed by atoms with van der Waals surface area (Å²) < 4.78 is 26.0. The molecular formula is C11H14N2O6S. The highest BCUT2D eigenvalue weighted by atomic mass is 32.2. The molecule has 20 heavy (non-hydrogen) atoms. The Balaban J connectivity index is 3.06. The molecule has 0 bridgehead atoms. The molecule has 0 spiro atoms. The molecule has 0 heterocycles. The summed E-state index contributed by atoms with van der Waals surface area (Å²) in [6, 6.07) is 3.62. The van der Waals surface area contributed by atoms with Crippen molar-refractivity contribution in [3.63, 3.8) is 0 Å². The van der Waals surface area contributed by atoms with Gasteiger partial charge in [-0.2, -0.15) is 0 Å². The molecule has 0 radical (unpaired) electrons. The number of amides is 1.